The molecular formula is C14H28F6O2Si2. The fourth-order valence-corrected chi connectivity index (χ4v) is 4.30. The van der Waals surface area contributed by atoms with Crippen molar-refractivity contribution >= 4 is 16.6 Å². The van der Waals surface area contributed by atoms with Gasteiger partial charge in [-0.2, -0.15) is 26.3 Å². The number of alkyl halides is 6. The molecule has 0 radical (unpaired) electrons. The highest BCUT2D eigenvalue weighted by molar-refractivity contribution is 6.70. The van der Waals surface area contributed by atoms with Crippen molar-refractivity contribution in [1.29, 1.82) is 0 Å². The van der Waals surface area contributed by atoms with Gasteiger partial charge in [0.25, 0.3) is 0 Å². The Morgan fingerprint density at radius 1 is 0.667 bits per heavy atom. The van der Waals surface area contributed by atoms with Crippen LogP contribution < -0.4 is 0 Å². The molecule has 0 amide bonds. The molecule has 10 heteroatoms. The van der Waals surface area contributed by atoms with E-state index < -0.39 is 41.0 Å². The second-order valence-corrected chi connectivity index (χ2v) is 16.8. The predicted molar refractivity (Wildman–Crippen MR) is 87.0 cm³/mol. The van der Waals surface area contributed by atoms with E-state index in [0.29, 0.717) is 13.0 Å². The van der Waals surface area contributed by atoms with Gasteiger partial charge in [-0.05, 0) is 58.5 Å². The van der Waals surface area contributed by atoms with Gasteiger partial charge in [0.1, 0.15) is 0 Å². The van der Waals surface area contributed by atoms with Gasteiger partial charge >= 0.3 is 12.4 Å². The van der Waals surface area contributed by atoms with Gasteiger partial charge in [0.2, 0.25) is 5.60 Å². The first-order valence-corrected chi connectivity index (χ1v) is 14.7. The molecule has 0 spiro atoms. The zero-order chi connectivity index (χ0) is 19.4. The van der Waals surface area contributed by atoms with Crippen molar-refractivity contribution in [2.24, 2.45) is 0 Å². The van der Waals surface area contributed by atoms with Crippen LogP contribution >= 0.6 is 0 Å². The lowest BCUT2D eigenvalue weighted by Crippen LogP contribution is -2.62. The van der Waals surface area contributed by atoms with Crippen LogP contribution in [0, 0.1) is 0 Å². The molecule has 0 saturated heterocycles. The molecule has 0 aliphatic heterocycles. The Bertz CT molecular complexity index is 369. The lowest BCUT2D eigenvalue weighted by Gasteiger charge is -2.41. The summed E-state index contributed by atoms with van der Waals surface area (Å²) >= 11 is 0. The quantitative estimate of drug-likeness (QED) is 0.265. The van der Waals surface area contributed by atoms with Crippen LogP contribution in [0.5, 0.6) is 0 Å². The Balaban J connectivity index is 4.97. The molecule has 0 saturated carbocycles. The van der Waals surface area contributed by atoms with Gasteiger partial charge < -0.3 is 8.85 Å². The van der Waals surface area contributed by atoms with E-state index in [2.05, 4.69) is 4.43 Å². The SMILES string of the molecule is C[Si](C)(C)OCCCCCC(O[Si](C)(C)C)(C(F)(F)F)C(F)(F)F. The molecular weight excluding hydrogens is 370 g/mol. The molecule has 0 unspecified atom stereocenters. The third kappa shape index (κ3) is 7.88. The zero-order valence-electron chi connectivity index (χ0n) is 15.1. The number of hydrogen-bond donors (Lipinski definition) is 0. The second kappa shape index (κ2) is 8.09. The van der Waals surface area contributed by atoms with E-state index in [1.807, 2.05) is 19.6 Å². The van der Waals surface area contributed by atoms with Gasteiger partial charge in [-0.15, -0.1) is 0 Å². The van der Waals surface area contributed by atoms with Crippen molar-refractivity contribution in [3.63, 3.8) is 0 Å². The molecule has 146 valence electrons. The van der Waals surface area contributed by atoms with Crippen molar-refractivity contribution < 1.29 is 35.2 Å². The molecule has 0 aliphatic carbocycles. The molecule has 0 aromatic heterocycles. The Morgan fingerprint density at radius 2 is 1.12 bits per heavy atom. The monoisotopic (exact) mass is 398 g/mol. The minimum atomic E-state index is -5.50. The minimum Gasteiger partial charge on any atom is -0.418 e. The van der Waals surface area contributed by atoms with Crippen LogP contribution in [0.4, 0.5) is 26.3 Å². The molecule has 0 N–H and O–H groups in total. The number of halogens is 6. The van der Waals surface area contributed by atoms with Crippen molar-refractivity contribution in [3.05, 3.63) is 0 Å². The largest absolute Gasteiger partial charge is 0.425 e. The van der Waals surface area contributed by atoms with Crippen LogP contribution in [0.3, 0.4) is 0 Å². The smallest absolute Gasteiger partial charge is 0.418 e. The highest BCUT2D eigenvalue weighted by atomic mass is 28.4. The number of hydrogen-bond acceptors (Lipinski definition) is 2. The summed E-state index contributed by atoms with van der Waals surface area (Å²) in [5, 5.41) is 0. The Hall–Kier alpha value is -0.0662. The number of rotatable bonds is 9. The highest BCUT2D eigenvalue weighted by Crippen LogP contribution is 2.50. The fraction of sp³-hybridized carbons (Fsp3) is 1.00. The van der Waals surface area contributed by atoms with Crippen LogP contribution in [-0.4, -0.2) is 41.2 Å². The highest BCUT2D eigenvalue weighted by Gasteiger charge is 2.72. The van der Waals surface area contributed by atoms with Crippen molar-refractivity contribution in [2.45, 2.75) is 82.9 Å². The predicted octanol–water partition coefficient (Wildman–Crippen LogP) is 6.11. The standard InChI is InChI=1S/C14H28F6O2Si2/c1-23(2,3)21-11-9-7-8-10-12(13(15,16)17,14(18,19)20)22-24(4,5)6/h7-11H2,1-6H3. The molecule has 0 bridgehead atoms. The van der Waals surface area contributed by atoms with Gasteiger partial charge in [-0.3, -0.25) is 0 Å². The molecule has 2 nitrogen and oxygen atoms in total. The summed E-state index contributed by atoms with van der Waals surface area (Å²) in [4.78, 5) is 0. The Kier molecular flexibility index (Phi) is 8.07. The summed E-state index contributed by atoms with van der Waals surface area (Å²) in [7, 11) is -4.80. The minimum absolute atomic E-state index is 0.224. The zero-order valence-corrected chi connectivity index (χ0v) is 17.1. The first-order chi connectivity index (χ1) is 10.4. The molecule has 0 heterocycles. The molecule has 0 aromatic carbocycles. The maximum Gasteiger partial charge on any atom is 0.425 e. The molecule has 0 aliphatic rings. The van der Waals surface area contributed by atoms with Gasteiger partial charge in [-0.25, -0.2) is 0 Å². The van der Waals surface area contributed by atoms with Crippen molar-refractivity contribution in [2.75, 3.05) is 6.61 Å². The molecule has 0 atom stereocenters. The normalized spacial score (nSPS) is 15.0. The summed E-state index contributed by atoms with van der Waals surface area (Å²) in [6, 6.07) is 0. The van der Waals surface area contributed by atoms with Crippen LogP contribution in [0.25, 0.3) is 0 Å². The van der Waals surface area contributed by atoms with Gasteiger partial charge in [0.05, 0.1) is 0 Å². The molecule has 0 aromatic rings. The molecule has 0 fully saturated rings. The van der Waals surface area contributed by atoms with Crippen LogP contribution in [0.1, 0.15) is 25.7 Å². The summed E-state index contributed by atoms with van der Waals surface area (Å²) in [6.07, 6.45) is -11.7. The van der Waals surface area contributed by atoms with E-state index in [9.17, 15) is 26.3 Å². The Labute approximate surface area is 142 Å². The lowest BCUT2D eigenvalue weighted by molar-refractivity contribution is -0.362. The van der Waals surface area contributed by atoms with Crippen LogP contribution in [-0.2, 0) is 8.85 Å². The number of unbranched alkanes of at least 4 members (excludes halogenated alkanes) is 2. The maximum atomic E-state index is 13.3. The average molecular weight is 399 g/mol. The van der Waals surface area contributed by atoms with E-state index in [1.54, 1.807) is 0 Å². The summed E-state index contributed by atoms with van der Waals surface area (Å²) in [5.74, 6) is 0. The molecule has 0 rings (SSSR count). The van der Waals surface area contributed by atoms with Crippen molar-refractivity contribution in [1.82, 2.24) is 0 Å². The van der Waals surface area contributed by atoms with E-state index in [-0.39, 0.29) is 12.8 Å². The average Bonchev–Trinajstić information content (AvgIpc) is 2.25. The summed E-state index contributed by atoms with van der Waals surface area (Å²) < 4.78 is 90.0. The van der Waals surface area contributed by atoms with Gasteiger partial charge in [0.15, 0.2) is 16.6 Å². The van der Waals surface area contributed by atoms with E-state index in [1.165, 1.54) is 19.6 Å². The van der Waals surface area contributed by atoms with E-state index >= 15 is 0 Å². The topological polar surface area (TPSA) is 18.5 Å². The first-order valence-electron chi connectivity index (χ1n) is 7.89. The molecule has 24 heavy (non-hydrogen) atoms. The van der Waals surface area contributed by atoms with E-state index in [0.717, 1.165) is 0 Å². The lowest BCUT2D eigenvalue weighted by atomic mass is 9.94. The second-order valence-electron chi connectivity index (χ2n) is 7.81. The van der Waals surface area contributed by atoms with Gasteiger partial charge in [-0.1, -0.05) is 6.42 Å². The third-order valence-electron chi connectivity index (χ3n) is 3.10. The van der Waals surface area contributed by atoms with Gasteiger partial charge in [0, 0.05) is 6.61 Å². The Morgan fingerprint density at radius 3 is 1.46 bits per heavy atom. The maximum absolute atomic E-state index is 13.3. The summed E-state index contributed by atoms with van der Waals surface area (Å²) in [5.41, 5.74) is -4.08. The first kappa shape index (κ1) is 23.9. The summed E-state index contributed by atoms with van der Waals surface area (Å²) in [6.45, 7) is 10.2. The third-order valence-corrected chi connectivity index (χ3v) is 5.14. The van der Waals surface area contributed by atoms with Crippen LogP contribution in [0.15, 0.2) is 0 Å². The van der Waals surface area contributed by atoms with E-state index in [4.69, 9.17) is 4.43 Å². The fourth-order valence-electron chi connectivity index (χ4n) is 2.16. The van der Waals surface area contributed by atoms with Crippen molar-refractivity contribution in [3.8, 4) is 0 Å². The van der Waals surface area contributed by atoms with Crippen LogP contribution in [0.2, 0.25) is 39.3 Å².